The Morgan fingerprint density at radius 1 is 1.47 bits per heavy atom. The fourth-order valence-corrected chi connectivity index (χ4v) is 1.91. The minimum absolute atomic E-state index is 0.694. The van der Waals surface area contributed by atoms with Crippen molar-refractivity contribution in [2.24, 2.45) is 4.99 Å². The SMILES string of the molecule is CN(C)C(Cn1nnc2c1=NCCC=2)=[N+](C)C. The molecule has 1 aliphatic heterocycles. The number of amidine groups is 1. The van der Waals surface area contributed by atoms with Crippen molar-refractivity contribution < 1.29 is 4.58 Å². The second-order valence-corrected chi connectivity index (χ2v) is 4.54. The first-order valence-corrected chi connectivity index (χ1v) is 5.74. The van der Waals surface area contributed by atoms with E-state index in [0.717, 1.165) is 23.8 Å². The lowest BCUT2D eigenvalue weighted by atomic mass is 10.3. The highest BCUT2D eigenvalue weighted by atomic mass is 15.4. The van der Waals surface area contributed by atoms with Crippen LogP contribution < -0.4 is 10.8 Å². The maximum Gasteiger partial charge on any atom is 0.268 e. The van der Waals surface area contributed by atoms with Gasteiger partial charge in [0.1, 0.15) is 11.9 Å². The lowest BCUT2D eigenvalue weighted by Gasteiger charge is -2.11. The van der Waals surface area contributed by atoms with Crippen LogP contribution in [0, 0.1) is 0 Å². The number of rotatable bonds is 2. The van der Waals surface area contributed by atoms with Crippen molar-refractivity contribution in [1.82, 2.24) is 19.9 Å². The van der Waals surface area contributed by atoms with Crippen molar-refractivity contribution in [2.45, 2.75) is 13.0 Å². The molecule has 0 N–H and O–H groups in total. The molecule has 0 fully saturated rings. The molecule has 1 aromatic heterocycles. The topological polar surface area (TPSA) is 49.3 Å². The monoisotopic (exact) mass is 235 g/mol. The minimum Gasteiger partial charge on any atom is -0.269 e. The van der Waals surface area contributed by atoms with E-state index in [0.29, 0.717) is 6.54 Å². The predicted molar refractivity (Wildman–Crippen MR) is 65.6 cm³/mol. The first-order chi connectivity index (χ1) is 8.09. The van der Waals surface area contributed by atoms with Crippen molar-refractivity contribution >= 4 is 11.9 Å². The van der Waals surface area contributed by atoms with Crippen LogP contribution in [0.25, 0.3) is 6.08 Å². The molecule has 0 saturated carbocycles. The van der Waals surface area contributed by atoms with Gasteiger partial charge in [0.2, 0.25) is 0 Å². The molecule has 2 heterocycles. The number of nitrogens with zero attached hydrogens (tertiary/aromatic N) is 6. The maximum absolute atomic E-state index is 4.48. The molecule has 0 saturated heterocycles. The summed E-state index contributed by atoms with van der Waals surface area (Å²) >= 11 is 0. The lowest BCUT2D eigenvalue weighted by Crippen LogP contribution is -2.40. The lowest BCUT2D eigenvalue weighted by molar-refractivity contribution is -0.471. The molecular formula is C11H19N6+. The number of aromatic nitrogens is 3. The molecule has 0 spiro atoms. The first-order valence-electron chi connectivity index (χ1n) is 5.74. The van der Waals surface area contributed by atoms with Crippen molar-refractivity contribution in [3.63, 3.8) is 0 Å². The highest BCUT2D eigenvalue weighted by Crippen LogP contribution is 1.88. The Bertz CT molecular complexity index is 547. The average Bonchev–Trinajstić information content (AvgIpc) is 2.68. The molecule has 0 aromatic carbocycles. The molecule has 0 unspecified atom stereocenters. The summed E-state index contributed by atoms with van der Waals surface area (Å²) < 4.78 is 3.95. The molecule has 1 aliphatic rings. The third kappa shape index (κ3) is 2.35. The molecule has 0 aliphatic carbocycles. The van der Waals surface area contributed by atoms with Crippen LogP contribution in [-0.2, 0) is 6.54 Å². The fourth-order valence-electron chi connectivity index (χ4n) is 1.91. The van der Waals surface area contributed by atoms with Gasteiger partial charge >= 0.3 is 0 Å². The molecule has 92 valence electrons. The third-order valence-electron chi connectivity index (χ3n) is 2.79. The Balaban J connectivity index is 2.38. The molecule has 6 nitrogen and oxygen atoms in total. The molecule has 0 bridgehead atoms. The molecule has 1 aromatic rings. The molecule has 0 amide bonds. The van der Waals surface area contributed by atoms with Gasteiger partial charge in [-0.15, -0.1) is 5.10 Å². The fraction of sp³-hybridized carbons (Fsp3) is 0.636. The van der Waals surface area contributed by atoms with Crippen LogP contribution in [0.4, 0.5) is 0 Å². The Hall–Kier alpha value is -1.72. The standard InChI is InChI=1S/C11H19N6/c1-15(2)10(16(3)4)8-17-11-9(13-14-17)6-5-7-12-11/h6H,5,7-8H2,1-4H3/q+1. The van der Waals surface area contributed by atoms with E-state index < -0.39 is 0 Å². The predicted octanol–water partition coefficient (Wildman–Crippen LogP) is -1.69. The Morgan fingerprint density at radius 2 is 2.24 bits per heavy atom. The number of hydrogen-bond donors (Lipinski definition) is 0. The van der Waals surface area contributed by atoms with E-state index in [9.17, 15) is 0 Å². The number of fused-ring (bicyclic) bond motifs is 1. The summed E-state index contributed by atoms with van der Waals surface area (Å²) in [6, 6.07) is 0. The third-order valence-corrected chi connectivity index (χ3v) is 2.79. The highest BCUT2D eigenvalue weighted by molar-refractivity contribution is 5.76. The van der Waals surface area contributed by atoms with E-state index in [1.807, 2.05) is 32.9 Å². The van der Waals surface area contributed by atoms with E-state index in [4.69, 9.17) is 0 Å². The van der Waals surface area contributed by atoms with E-state index in [1.165, 1.54) is 5.84 Å². The van der Waals surface area contributed by atoms with E-state index in [-0.39, 0.29) is 0 Å². The Kier molecular flexibility index (Phi) is 3.21. The van der Waals surface area contributed by atoms with Crippen molar-refractivity contribution in [3.05, 3.63) is 10.8 Å². The number of hydrogen-bond acceptors (Lipinski definition) is 3. The van der Waals surface area contributed by atoms with Crippen molar-refractivity contribution in [3.8, 4) is 0 Å². The molecule has 0 atom stereocenters. The normalized spacial score (nSPS) is 13.4. The van der Waals surface area contributed by atoms with Crippen LogP contribution in [0.15, 0.2) is 4.99 Å². The summed E-state index contributed by atoms with van der Waals surface area (Å²) in [6.07, 6.45) is 3.06. The maximum atomic E-state index is 4.48. The zero-order chi connectivity index (χ0) is 12.4. The van der Waals surface area contributed by atoms with Gasteiger partial charge in [-0.25, -0.2) is 4.68 Å². The summed E-state index contributed by atoms with van der Waals surface area (Å²) in [5.41, 5.74) is 0.900. The average molecular weight is 235 g/mol. The zero-order valence-electron chi connectivity index (χ0n) is 10.9. The van der Waals surface area contributed by atoms with Gasteiger partial charge in [0.15, 0.2) is 5.49 Å². The van der Waals surface area contributed by atoms with Crippen LogP contribution in [0.5, 0.6) is 0 Å². The Morgan fingerprint density at radius 3 is 2.88 bits per heavy atom. The van der Waals surface area contributed by atoms with Gasteiger partial charge in [0, 0.05) is 6.54 Å². The second kappa shape index (κ2) is 4.65. The van der Waals surface area contributed by atoms with Crippen LogP contribution in [0.2, 0.25) is 0 Å². The van der Waals surface area contributed by atoms with Crippen molar-refractivity contribution in [1.29, 1.82) is 0 Å². The van der Waals surface area contributed by atoms with Crippen LogP contribution in [0.1, 0.15) is 6.42 Å². The van der Waals surface area contributed by atoms with Crippen LogP contribution >= 0.6 is 0 Å². The largest absolute Gasteiger partial charge is 0.269 e. The van der Waals surface area contributed by atoms with Gasteiger partial charge in [-0.1, -0.05) is 11.3 Å². The summed E-state index contributed by atoms with van der Waals surface area (Å²) in [5.74, 6) is 1.17. The van der Waals surface area contributed by atoms with Crippen LogP contribution in [0.3, 0.4) is 0 Å². The van der Waals surface area contributed by atoms with Gasteiger partial charge in [0.05, 0.1) is 28.2 Å². The molecule has 17 heavy (non-hydrogen) atoms. The summed E-state index contributed by atoms with van der Waals surface area (Å²) in [4.78, 5) is 6.56. The minimum atomic E-state index is 0.694. The quantitative estimate of drug-likeness (QED) is 0.349. The van der Waals surface area contributed by atoms with Gasteiger partial charge in [0.25, 0.3) is 5.84 Å². The summed E-state index contributed by atoms with van der Waals surface area (Å²) in [7, 11) is 8.12. The van der Waals surface area contributed by atoms with Gasteiger partial charge in [-0.2, -0.15) is 0 Å². The second-order valence-electron chi connectivity index (χ2n) is 4.54. The van der Waals surface area contributed by atoms with Gasteiger partial charge in [-0.05, 0) is 6.42 Å². The highest BCUT2D eigenvalue weighted by Gasteiger charge is 2.15. The van der Waals surface area contributed by atoms with Crippen molar-refractivity contribution in [2.75, 3.05) is 34.7 Å². The van der Waals surface area contributed by atoms with E-state index >= 15 is 0 Å². The smallest absolute Gasteiger partial charge is 0.268 e. The summed E-state index contributed by atoms with van der Waals surface area (Å²) in [6.45, 7) is 1.53. The first kappa shape index (κ1) is 11.8. The van der Waals surface area contributed by atoms with Gasteiger partial charge in [-0.3, -0.25) is 14.5 Å². The molecule has 2 rings (SSSR count). The van der Waals surface area contributed by atoms with Crippen LogP contribution in [-0.4, -0.2) is 65.0 Å². The Labute approximate surface area is 101 Å². The zero-order valence-corrected chi connectivity index (χ0v) is 10.9. The molecule has 0 radical (unpaired) electrons. The summed E-state index contributed by atoms with van der Waals surface area (Å²) in [5, 5.41) is 9.22. The van der Waals surface area contributed by atoms with Gasteiger partial charge < -0.3 is 0 Å². The van der Waals surface area contributed by atoms with E-state index in [1.54, 1.807) is 0 Å². The molecular weight excluding hydrogens is 216 g/mol. The van der Waals surface area contributed by atoms with E-state index in [2.05, 4.69) is 30.9 Å². The number of likely N-dealkylation sites (N-methyl/N-ethyl adjacent to an activating group) is 1. The molecule has 6 heteroatoms.